The average molecular weight is 201 g/mol. The topological polar surface area (TPSA) is 32.7 Å². The van der Waals surface area contributed by atoms with Gasteiger partial charge in [-0.2, -0.15) is 0 Å². The summed E-state index contributed by atoms with van der Waals surface area (Å²) in [5, 5.41) is 8.93. The third-order valence-corrected chi connectivity index (χ3v) is 2.85. The molecule has 0 atom stereocenters. The molecule has 0 heterocycles. The molecule has 1 N–H and O–H groups in total. The van der Waals surface area contributed by atoms with E-state index in [0.717, 1.165) is 32.7 Å². The molecule has 3 nitrogen and oxygen atoms in total. The number of nitrogens with zero attached hydrogens (tertiary/aromatic N) is 1. The van der Waals surface area contributed by atoms with Crippen LogP contribution < -0.4 is 0 Å². The van der Waals surface area contributed by atoms with Crippen molar-refractivity contribution in [3.8, 4) is 0 Å². The van der Waals surface area contributed by atoms with Crippen LogP contribution in [0.25, 0.3) is 0 Å². The summed E-state index contributed by atoms with van der Waals surface area (Å²) in [6, 6.07) is 0.715. The highest BCUT2D eigenvalue weighted by molar-refractivity contribution is 4.79. The predicted molar refractivity (Wildman–Crippen MR) is 57.4 cm³/mol. The van der Waals surface area contributed by atoms with Gasteiger partial charge in [-0.15, -0.1) is 0 Å². The second-order valence-electron chi connectivity index (χ2n) is 3.96. The molecule has 1 rings (SSSR count). The first-order valence-corrected chi connectivity index (χ1v) is 5.81. The van der Waals surface area contributed by atoms with Crippen molar-refractivity contribution in [1.82, 2.24) is 4.90 Å². The number of rotatable bonds is 8. The molecule has 0 spiro atoms. The molecule has 0 unspecified atom stereocenters. The van der Waals surface area contributed by atoms with Crippen LogP contribution in [0.1, 0.15) is 32.6 Å². The van der Waals surface area contributed by atoms with Crippen LogP contribution in [0, 0.1) is 0 Å². The number of aliphatic hydroxyl groups is 1. The zero-order valence-corrected chi connectivity index (χ0v) is 9.24. The van der Waals surface area contributed by atoms with Gasteiger partial charge in [0, 0.05) is 25.7 Å². The Hall–Kier alpha value is -0.120. The van der Waals surface area contributed by atoms with Crippen molar-refractivity contribution in [3.05, 3.63) is 0 Å². The molecule has 1 aliphatic carbocycles. The number of hydrogen-bond donors (Lipinski definition) is 1. The second-order valence-corrected chi connectivity index (χ2v) is 3.96. The molecule has 1 aliphatic rings. The minimum atomic E-state index is 0.268. The Morgan fingerprint density at radius 1 is 1.29 bits per heavy atom. The second kappa shape index (κ2) is 7.21. The van der Waals surface area contributed by atoms with E-state index in [1.54, 1.807) is 0 Å². The molecule has 84 valence electrons. The fourth-order valence-corrected chi connectivity index (χ4v) is 1.79. The van der Waals surface area contributed by atoms with Crippen LogP contribution in [0.15, 0.2) is 0 Å². The van der Waals surface area contributed by atoms with E-state index in [1.165, 1.54) is 19.3 Å². The number of ether oxygens (including phenoxy) is 1. The Balaban J connectivity index is 2.08. The number of hydrogen-bond acceptors (Lipinski definition) is 3. The predicted octanol–water partition coefficient (Wildman–Crippen LogP) is 1.26. The Bertz CT molecular complexity index is 137. The monoisotopic (exact) mass is 201 g/mol. The zero-order chi connectivity index (χ0) is 10.2. The van der Waals surface area contributed by atoms with E-state index in [1.807, 2.05) is 0 Å². The summed E-state index contributed by atoms with van der Waals surface area (Å²) in [4.78, 5) is 2.36. The van der Waals surface area contributed by atoms with Crippen molar-refractivity contribution in [2.45, 2.75) is 38.6 Å². The Kier molecular flexibility index (Phi) is 6.15. The largest absolute Gasteiger partial charge is 0.395 e. The van der Waals surface area contributed by atoms with Crippen molar-refractivity contribution >= 4 is 0 Å². The molecule has 0 saturated heterocycles. The lowest BCUT2D eigenvalue weighted by Gasteiger charge is -2.37. The highest BCUT2D eigenvalue weighted by Crippen LogP contribution is 2.24. The van der Waals surface area contributed by atoms with E-state index in [0.29, 0.717) is 6.04 Å². The summed E-state index contributed by atoms with van der Waals surface area (Å²) < 4.78 is 5.46. The SMILES string of the molecule is CCCOCCN(CCO)C1CCC1. The van der Waals surface area contributed by atoms with Crippen molar-refractivity contribution in [2.75, 3.05) is 32.9 Å². The molecule has 0 aromatic carbocycles. The standard InChI is InChI=1S/C11H23NO2/c1-2-9-14-10-7-12(6-8-13)11-4-3-5-11/h11,13H,2-10H2,1H3. The van der Waals surface area contributed by atoms with Crippen molar-refractivity contribution in [3.63, 3.8) is 0 Å². The van der Waals surface area contributed by atoms with E-state index in [9.17, 15) is 0 Å². The van der Waals surface area contributed by atoms with Gasteiger partial charge in [-0.05, 0) is 19.3 Å². The van der Waals surface area contributed by atoms with E-state index in [2.05, 4.69) is 11.8 Å². The lowest BCUT2D eigenvalue weighted by molar-refractivity contribution is 0.0535. The van der Waals surface area contributed by atoms with Gasteiger partial charge in [0.1, 0.15) is 0 Å². The molecule has 0 bridgehead atoms. The molecule has 0 radical (unpaired) electrons. The Labute approximate surface area is 87.1 Å². The van der Waals surface area contributed by atoms with Crippen molar-refractivity contribution < 1.29 is 9.84 Å². The quantitative estimate of drug-likeness (QED) is 0.600. The average Bonchev–Trinajstić information content (AvgIpc) is 2.10. The van der Waals surface area contributed by atoms with E-state index >= 15 is 0 Å². The van der Waals surface area contributed by atoms with E-state index in [-0.39, 0.29) is 6.61 Å². The molecule has 1 saturated carbocycles. The molecular weight excluding hydrogens is 178 g/mol. The summed E-state index contributed by atoms with van der Waals surface area (Å²) in [6.07, 6.45) is 5.04. The van der Waals surface area contributed by atoms with E-state index < -0.39 is 0 Å². The molecule has 14 heavy (non-hydrogen) atoms. The maximum absolute atomic E-state index is 8.93. The van der Waals surface area contributed by atoms with Gasteiger partial charge in [0.2, 0.25) is 0 Å². The fraction of sp³-hybridized carbons (Fsp3) is 1.00. The first kappa shape index (κ1) is 12.0. The van der Waals surface area contributed by atoms with Crippen LogP contribution in [-0.2, 0) is 4.74 Å². The van der Waals surface area contributed by atoms with Gasteiger partial charge in [0.05, 0.1) is 13.2 Å². The molecule has 3 heteroatoms. The van der Waals surface area contributed by atoms with Gasteiger partial charge in [0.15, 0.2) is 0 Å². The van der Waals surface area contributed by atoms with Gasteiger partial charge >= 0.3 is 0 Å². The Morgan fingerprint density at radius 2 is 2.07 bits per heavy atom. The highest BCUT2D eigenvalue weighted by Gasteiger charge is 2.23. The van der Waals surface area contributed by atoms with Crippen LogP contribution in [0.4, 0.5) is 0 Å². The van der Waals surface area contributed by atoms with Crippen LogP contribution in [0.5, 0.6) is 0 Å². The molecule has 0 aromatic rings. The molecule has 0 amide bonds. The maximum atomic E-state index is 8.93. The Morgan fingerprint density at radius 3 is 2.57 bits per heavy atom. The van der Waals surface area contributed by atoms with Crippen LogP contribution in [0.3, 0.4) is 0 Å². The van der Waals surface area contributed by atoms with Gasteiger partial charge in [0.25, 0.3) is 0 Å². The van der Waals surface area contributed by atoms with Crippen LogP contribution >= 0.6 is 0 Å². The van der Waals surface area contributed by atoms with Gasteiger partial charge in [-0.3, -0.25) is 4.90 Å². The third-order valence-electron chi connectivity index (χ3n) is 2.85. The van der Waals surface area contributed by atoms with Gasteiger partial charge in [-0.25, -0.2) is 0 Å². The lowest BCUT2D eigenvalue weighted by atomic mass is 9.91. The normalized spacial score (nSPS) is 17.4. The lowest BCUT2D eigenvalue weighted by Crippen LogP contribution is -2.43. The summed E-state index contributed by atoms with van der Waals surface area (Å²) in [6.45, 7) is 5.84. The van der Waals surface area contributed by atoms with Crippen molar-refractivity contribution in [1.29, 1.82) is 0 Å². The maximum Gasteiger partial charge on any atom is 0.0593 e. The fourth-order valence-electron chi connectivity index (χ4n) is 1.79. The zero-order valence-electron chi connectivity index (χ0n) is 9.24. The first-order chi connectivity index (χ1) is 6.88. The summed E-state index contributed by atoms with van der Waals surface area (Å²) >= 11 is 0. The smallest absolute Gasteiger partial charge is 0.0593 e. The highest BCUT2D eigenvalue weighted by atomic mass is 16.5. The summed E-state index contributed by atoms with van der Waals surface area (Å²) in [5.41, 5.74) is 0. The van der Waals surface area contributed by atoms with E-state index in [4.69, 9.17) is 9.84 Å². The van der Waals surface area contributed by atoms with Gasteiger partial charge in [-0.1, -0.05) is 13.3 Å². The molecule has 0 aromatic heterocycles. The summed E-state index contributed by atoms with van der Waals surface area (Å²) in [5.74, 6) is 0. The minimum absolute atomic E-state index is 0.268. The van der Waals surface area contributed by atoms with Gasteiger partial charge < -0.3 is 9.84 Å². The first-order valence-electron chi connectivity index (χ1n) is 5.81. The molecular formula is C11H23NO2. The summed E-state index contributed by atoms with van der Waals surface area (Å²) in [7, 11) is 0. The molecule has 1 fully saturated rings. The van der Waals surface area contributed by atoms with Crippen LogP contribution in [-0.4, -0.2) is 49.0 Å². The third kappa shape index (κ3) is 3.95. The molecule has 0 aliphatic heterocycles. The van der Waals surface area contributed by atoms with Crippen LogP contribution in [0.2, 0.25) is 0 Å². The van der Waals surface area contributed by atoms with Crippen molar-refractivity contribution in [2.24, 2.45) is 0 Å². The minimum Gasteiger partial charge on any atom is -0.395 e. The number of aliphatic hydroxyl groups excluding tert-OH is 1.